The van der Waals surface area contributed by atoms with Gasteiger partial charge in [0.15, 0.2) is 0 Å². The van der Waals surface area contributed by atoms with Crippen LogP contribution in [0.4, 0.5) is 0 Å². The highest BCUT2D eigenvalue weighted by Crippen LogP contribution is 2.45. The SMILES string of the molecule is Cc1[nH]c(C=C2C(=O)NN=C2c2cncnc2)c(C2CC2)c1CCCCN1CCCC1. The van der Waals surface area contributed by atoms with Crippen molar-refractivity contribution in [2.75, 3.05) is 19.6 Å². The second-order valence-electron chi connectivity index (χ2n) is 8.92. The maximum absolute atomic E-state index is 12.5. The van der Waals surface area contributed by atoms with Crippen molar-refractivity contribution in [3.05, 3.63) is 52.4 Å². The van der Waals surface area contributed by atoms with Crippen molar-refractivity contribution >= 4 is 17.7 Å². The van der Waals surface area contributed by atoms with Gasteiger partial charge in [-0.1, -0.05) is 0 Å². The van der Waals surface area contributed by atoms with Crippen molar-refractivity contribution < 1.29 is 4.79 Å². The van der Waals surface area contributed by atoms with Crippen molar-refractivity contribution in [2.24, 2.45) is 5.10 Å². The number of aryl methyl sites for hydroxylation is 1. The van der Waals surface area contributed by atoms with E-state index in [2.05, 4.69) is 37.3 Å². The molecule has 0 atom stereocenters. The molecule has 0 spiro atoms. The first kappa shape index (κ1) is 20.1. The molecule has 1 saturated heterocycles. The normalized spacial score (nSPS) is 20.5. The summed E-state index contributed by atoms with van der Waals surface area (Å²) < 4.78 is 0. The first-order valence-corrected chi connectivity index (χ1v) is 11.5. The largest absolute Gasteiger partial charge is 0.359 e. The van der Waals surface area contributed by atoms with Gasteiger partial charge in [0.05, 0.1) is 5.57 Å². The number of aromatic nitrogens is 3. The molecule has 0 unspecified atom stereocenters. The van der Waals surface area contributed by atoms with E-state index in [0.29, 0.717) is 17.2 Å². The topological polar surface area (TPSA) is 86.3 Å². The third-order valence-electron chi connectivity index (χ3n) is 6.62. The standard InChI is InChI=1S/C24H30N6O/c1-16-19(6-2-3-9-30-10-4-5-11-30)22(17-7-8-17)21(27-16)12-20-23(28-29-24(20)31)18-13-25-15-26-14-18/h12-15,17,27H,2-11H2,1H3,(H,29,31). The van der Waals surface area contributed by atoms with Crippen molar-refractivity contribution in [3.8, 4) is 0 Å². The minimum Gasteiger partial charge on any atom is -0.359 e. The van der Waals surface area contributed by atoms with Gasteiger partial charge in [-0.25, -0.2) is 15.4 Å². The number of hydrogen-bond donors (Lipinski definition) is 2. The molecule has 2 aromatic rings. The van der Waals surface area contributed by atoms with Gasteiger partial charge in [0.2, 0.25) is 0 Å². The van der Waals surface area contributed by atoms with Crippen LogP contribution in [0.25, 0.3) is 6.08 Å². The molecule has 3 aliphatic rings. The number of hydrogen-bond acceptors (Lipinski definition) is 5. The van der Waals surface area contributed by atoms with Gasteiger partial charge in [0, 0.05) is 29.3 Å². The van der Waals surface area contributed by atoms with E-state index in [0.717, 1.165) is 17.7 Å². The highest BCUT2D eigenvalue weighted by atomic mass is 16.2. The Hall–Kier alpha value is -2.80. The first-order valence-electron chi connectivity index (χ1n) is 11.5. The minimum absolute atomic E-state index is 0.181. The van der Waals surface area contributed by atoms with Crippen LogP contribution >= 0.6 is 0 Å². The molecule has 2 fully saturated rings. The predicted octanol–water partition coefficient (Wildman–Crippen LogP) is 3.33. The van der Waals surface area contributed by atoms with Crippen molar-refractivity contribution in [1.82, 2.24) is 25.3 Å². The third kappa shape index (κ3) is 4.32. The molecule has 31 heavy (non-hydrogen) atoms. The van der Waals surface area contributed by atoms with Crippen LogP contribution in [0.1, 0.15) is 72.5 Å². The van der Waals surface area contributed by atoms with Gasteiger partial charge < -0.3 is 9.88 Å². The van der Waals surface area contributed by atoms with E-state index in [4.69, 9.17) is 0 Å². The summed E-state index contributed by atoms with van der Waals surface area (Å²) in [6.45, 7) is 5.93. The van der Waals surface area contributed by atoms with Gasteiger partial charge >= 0.3 is 0 Å². The monoisotopic (exact) mass is 418 g/mol. The molecule has 5 rings (SSSR count). The quantitative estimate of drug-likeness (QED) is 0.509. The fourth-order valence-corrected chi connectivity index (χ4v) is 4.88. The van der Waals surface area contributed by atoms with Gasteiger partial charge in [-0.15, -0.1) is 0 Å². The second-order valence-corrected chi connectivity index (χ2v) is 8.92. The molecule has 162 valence electrons. The number of aromatic amines is 1. The lowest BCUT2D eigenvalue weighted by atomic mass is 9.97. The zero-order valence-electron chi connectivity index (χ0n) is 18.2. The Morgan fingerprint density at radius 2 is 1.94 bits per heavy atom. The fraction of sp³-hybridized carbons (Fsp3) is 0.500. The number of unbranched alkanes of at least 4 members (excludes halogenated alkanes) is 1. The zero-order valence-corrected chi connectivity index (χ0v) is 18.2. The molecule has 1 aliphatic carbocycles. The van der Waals surface area contributed by atoms with Crippen LogP contribution in [0.3, 0.4) is 0 Å². The number of carbonyl (C=O) groups excluding carboxylic acids is 1. The Kier molecular flexibility index (Phi) is 5.68. The number of rotatable bonds is 8. The molecular formula is C24H30N6O. The summed E-state index contributed by atoms with van der Waals surface area (Å²) in [5.41, 5.74) is 9.67. The maximum Gasteiger partial charge on any atom is 0.273 e. The second kappa shape index (κ2) is 8.75. The smallest absolute Gasteiger partial charge is 0.273 e. The molecule has 1 amide bonds. The third-order valence-corrected chi connectivity index (χ3v) is 6.62. The number of H-pyrrole nitrogens is 1. The summed E-state index contributed by atoms with van der Waals surface area (Å²) in [7, 11) is 0. The van der Waals surface area contributed by atoms with Crippen molar-refractivity contribution in [3.63, 3.8) is 0 Å². The van der Waals surface area contributed by atoms with E-state index >= 15 is 0 Å². The summed E-state index contributed by atoms with van der Waals surface area (Å²) >= 11 is 0. The van der Waals surface area contributed by atoms with E-state index < -0.39 is 0 Å². The molecular weight excluding hydrogens is 388 g/mol. The molecule has 0 radical (unpaired) electrons. The van der Waals surface area contributed by atoms with Gasteiger partial charge in [-0.05, 0) is 94.6 Å². The molecule has 2 aliphatic heterocycles. The van der Waals surface area contributed by atoms with Gasteiger partial charge in [0.1, 0.15) is 12.0 Å². The van der Waals surface area contributed by atoms with Crippen LogP contribution in [0, 0.1) is 6.92 Å². The van der Waals surface area contributed by atoms with Crippen LogP contribution in [0.2, 0.25) is 0 Å². The lowest BCUT2D eigenvalue weighted by Gasteiger charge is -2.14. The van der Waals surface area contributed by atoms with Crippen LogP contribution in [0.5, 0.6) is 0 Å². The van der Waals surface area contributed by atoms with Crippen LogP contribution < -0.4 is 5.43 Å². The molecule has 0 bridgehead atoms. The Labute approximate surface area is 183 Å². The number of amides is 1. The molecule has 0 aromatic carbocycles. The summed E-state index contributed by atoms with van der Waals surface area (Å²) in [4.78, 5) is 26.9. The number of nitrogens with one attached hydrogen (secondary N) is 2. The number of hydrazone groups is 1. The average molecular weight is 419 g/mol. The van der Waals surface area contributed by atoms with E-state index in [1.807, 2.05) is 6.08 Å². The number of carbonyl (C=O) groups is 1. The Balaban J connectivity index is 1.37. The number of likely N-dealkylation sites (tertiary alicyclic amines) is 1. The Morgan fingerprint density at radius 1 is 1.16 bits per heavy atom. The summed E-state index contributed by atoms with van der Waals surface area (Å²) in [6.07, 6.45) is 15.6. The van der Waals surface area contributed by atoms with E-state index in [9.17, 15) is 4.79 Å². The highest BCUT2D eigenvalue weighted by molar-refractivity contribution is 6.33. The van der Waals surface area contributed by atoms with Crippen LogP contribution in [-0.4, -0.2) is 51.1 Å². The zero-order chi connectivity index (χ0) is 21.2. The van der Waals surface area contributed by atoms with Gasteiger partial charge in [0.25, 0.3) is 5.91 Å². The van der Waals surface area contributed by atoms with Crippen LogP contribution in [-0.2, 0) is 11.2 Å². The Bertz CT molecular complexity index is 1010. The lowest BCUT2D eigenvalue weighted by molar-refractivity contribution is -0.116. The predicted molar refractivity (Wildman–Crippen MR) is 121 cm³/mol. The Morgan fingerprint density at radius 3 is 2.68 bits per heavy atom. The summed E-state index contributed by atoms with van der Waals surface area (Å²) in [5, 5.41) is 4.23. The maximum atomic E-state index is 12.5. The summed E-state index contributed by atoms with van der Waals surface area (Å²) in [6, 6.07) is 0. The van der Waals surface area contributed by atoms with Crippen molar-refractivity contribution in [1.29, 1.82) is 0 Å². The van der Waals surface area contributed by atoms with Crippen LogP contribution in [0.15, 0.2) is 29.4 Å². The lowest BCUT2D eigenvalue weighted by Crippen LogP contribution is -2.20. The fourth-order valence-electron chi connectivity index (χ4n) is 4.88. The molecule has 4 heterocycles. The van der Waals surface area contributed by atoms with E-state index in [1.165, 1.54) is 81.3 Å². The van der Waals surface area contributed by atoms with Gasteiger partial charge in [-0.3, -0.25) is 4.79 Å². The molecule has 7 heteroatoms. The van der Waals surface area contributed by atoms with E-state index in [-0.39, 0.29) is 5.91 Å². The molecule has 7 nitrogen and oxygen atoms in total. The van der Waals surface area contributed by atoms with E-state index in [1.54, 1.807) is 12.4 Å². The van der Waals surface area contributed by atoms with Crippen molar-refractivity contribution in [2.45, 2.75) is 57.8 Å². The van der Waals surface area contributed by atoms with Gasteiger partial charge in [-0.2, -0.15) is 5.10 Å². The average Bonchev–Trinajstić information content (AvgIpc) is 3.21. The molecule has 2 N–H and O–H groups in total. The number of nitrogens with zero attached hydrogens (tertiary/aromatic N) is 4. The first-order chi connectivity index (χ1) is 15.2. The summed E-state index contributed by atoms with van der Waals surface area (Å²) in [5.74, 6) is 0.426. The molecule has 1 saturated carbocycles. The highest BCUT2D eigenvalue weighted by Gasteiger charge is 2.32. The minimum atomic E-state index is -0.181. The molecule has 2 aromatic heterocycles.